The van der Waals surface area contributed by atoms with Crippen molar-refractivity contribution in [1.29, 1.82) is 0 Å². The third-order valence-electron chi connectivity index (χ3n) is 6.49. The zero-order chi connectivity index (χ0) is 22.6. The number of nitrogens with zero attached hydrogens (tertiary/aromatic N) is 2. The molecule has 0 radical (unpaired) electrons. The fourth-order valence-corrected chi connectivity index (χ4v) is 4.59. The summed E-state index contributed by atoms with van der Waals surface area (Å²) in [6.45, 7) is 3.22. The second-order valence-electron chi connectivity index (χ2n) is 8.63. The lowest BCUT2D eigenvalue weighted by atomic mass is 9.72. The highest BCUT2D eigenvalue weighted by Gasteiger charge is 2.41. The Balaban J connectivity index is 1.48. The summed E-state index contributed by atoms with van der Waals surface area (Å²) in [4.78, 5) is 31.6. The third-order valence-corrected chi connectivity index (χ3v) is 6.49. The lowest BCUT2D eigenvalue weighted by molar-refractivity contribution is -0.133. The van der Waals surface area contributed by atoms with Crippen molar-refractivity contribution in [2.75, 3.05) is 20.1 Å². The molecule has 2 aromatic carbocycles. The largest absolute Gasteiger partial charge is 0.359 e. The molecule has 164 valence electrons. The normalized spacial score (nSPS) is 15.2. The molecule has 5 heteroatoms. The molecule has 1 fully saturated rings. The Kier molecular flexibility index (Phi) is 6.35. The first kappa shape index (κ1) is 21.8. The Bertz CT molecular complexity index is 1090. The van der Waals surface area contributed by atoms with Gasteiger partial charge >= 0.3 is 0 Å². The van der Waals surface area contributed by atoms with Crippen molar-refractivity contribution in [2.45, 2.75) is 26.2 Å². The zero-order valence-electron chi connectivity index (χ0n) is 18.7. The van der Waals surface area contributed by atoms with Crippen molar-refractivity contribution in [3.8, 4) is 11.1 Å². The van der Waals surface area contributed by atoms with Gasteiger partial charge in [-0.05, 0) is 55.0 Å². The molecule has 0 saturated carbocycles. The van der Waals surface area contributed by atoms with Gasteiger partial charge in [-0.25, -0.2) is 0 Å². The highest BCUT2D eigenvalue weighted by molar-refractivity contribution is 5.94. The summed E-state index contributed by atoms with van der Waals surface area (Å²) in [6, 6.07) is 20.4. The Morgan fingerprint density at radius 3 is 2.28 bits per heavy atom. The van der Waals surface area contributed by atoms with Crippen LogP contribution < -0.4 is 5.32 Å². The Labute approximate surface area is 189 Å². The molecule has 3 aromatic rings. The maximum absolute atomic E-state index is 12.9. The van der Waals surface area contributed by atoms with Crippen LogP contribution in [0.1, 0.15) is 34.3 Å². The molecule has 2 amide bonds. The zero-order valence-corrected chi connectivity index (χ0v) is 18.7. The van der Waals surface area contributed by atoms with Crippen molar-refractivity contribution < 1.29 is 9.59 Å². The second-order valence-corrected chi connectivity index (χ2v) is 8.63. The van der Waals surface area contributed by atoms with Gasteiger partial charge in [-0.15, -0.1) is 0 Å². The Morgan fingerprint density at radius 1 is 0.969 bits per heavy atom. The average Bonchev–Trinajstić information content (AvgIpc) is 2.84. The minimum Gasteiger partial charge on any atom is -0.359 e. The van der Waals surface area contributed by atoms with Crippen LogP contribution >= 0.6 is 0 Å². The molecule has 0 spiro atoms. The first-order valence-electron chi connectivity index (χ1n) is 11.1. The maximum atomic E-state index is 12.9. The summed E-state index contributed by atoms with van der Waals surface area (Å²) in [5, 5.41) is 2.86. The predicted molar refractivity (Wildman–Crippen MR) is 126 cm³/mol. The molecule has 1 N–H and O–H groups in total. The number of aromatic nitrogens is 1. The maximum Gasteiger partial charge on any atom is 0.253 e. The summed E-state index contributed by atoms with van der Waals surface area (Å²) < 4.78 is 0. The summed E-state index contributed by atoms with van der Waals surface area (Å²) in [5.41, 5.74) is 4.87. The van der Waals surface area contributed by atoms with E-state index in [1.165, 1.54) is 16.7 Å². The molecule has 1 aliphatic rings. The van der Waals surface area contributed by atoms with Gasteiger partial charge in [0.2, 0.25) is 5.91 Å². The molecule has 2 heterocycles. The number of pyridine rings is 1. The Morgan fingerprint density at radius 2 is 1.66 bits per heavy atom. The van der Waals surface area contributed by atoms with Crippen LogP contribution in [0.2, 0.25) is 0 Å². The molecule has 4 rings (SSSR count). The first-order valence-corrected chi connectivity index (χ1v) is 11.1. The summed E-state index contributed by atoms with van der Waals surface area (Å²) >= 11 is 0. The van der Waals surface area contributed by atoms with E-state index in [9.17, 15) is 9.59 Å². The van der Waals surface area contributed by atoms with E-state index >= 15 is 0 Å². The molecule has 5 nitrogen and oxygen atoms in total. The summed E-state index contributed by atoms with van der Waals surface area (Å²) in [6.07, 6.45) is 5.21. The molecule has 0 bridgehead atoms. The topological polar surface area (TPSA) is 62.3 Å². The number of rotatable bonds is 5. The number of carbonyl (C=O) groups excluding carboxylic acids is 2. The molecular formula is C27H29N3O2. The minimum absolute atomic E-state index is 0.000383. The highest BCUT2D eigenvalue weighted by Crippen LogP contribution is 2.36. The van der Waals surface area contributed by atoms with Crippen LogP contribution in [0, 0.1) is 12.3 Å². The monoisotopic (exact) mass is 427 g/mol. The number of benzene rings is 2. The number of piperidine rings is 1. The highest BCUT2D eigenvalue weighted by atomic mass is 16.2. The van der Waals surface area contributed by atoms with E-state index in [1.807, 2.05) is 4.90 Å². The molecule has 1 aliphatic heterocycles. The number of aryl methyl sites for hydroxylation is 1. The van der Waals surface area contributed by atoms with Crippen molar-refractivity contribution in [2.24, 2.45) is 5.41 Å². The van der Waals surface area contributed by atoms with Gasteiger partial charge in [0.1, 0.15) is 0 Å². The molecule has 1 saturated heterocycles. The van der Waals surface area contributed by atoms with Gasteiger partial charge < -0.3 is 10.2 Å². The van der Waals surface area contributed by atoms with Crippen molar-refractivity contribution in [3.63, 3.8) is 0 Å². The molecule has 0 unspecified atom stereocenters. The molecule has 0 aliphatic carbocycles. The average molecular weight is 428 g/mol. The number of carbonyl (C=O) groups is 2. The van der Waals surface area contributed by atoms with E-state index in [2.05, 4.69) is 65.8 Å². The number of amides is 2. The van der Waals surface area contributed by atoms with E-state index in [4.69, 9.17) is 0 Å². The van der Waals surface area contributed by atoms with Crippen LogP contribution in [0.25, 0.3) is 11.1 Å². The predicted octanol–water partition coefficient (Wildman–Crippen LogP) is 4.27. The number of nitrogens with one attached hydrogen (secondary N) is 1. The van der Waals surface area contributed by atoms with Gasteiger partial charge in [-0.1, -0.05) is 54.1 Å². The van der Waals surface area contributed by atoms with Gasteiger partial charge in [0.05, 0.1) is 5.41 Å². The number of hydrogen-bond acceptors (Lipinski definition) is 3. The minimum atomic E-state index is -0.505. The lowest BCUT2D eigenvalue weighted by Crippen LogP contribution is -2.50. The van der Waals surface area contributed by atoms with E-state index in [0.717, 1.165) is 5.56 Å². The molecular weight excluding hydrogens is 398 g/mol. The van der Waals surface area contributed by atoms with E-state index in [1.54, 1.807) is 31.6 Å². The molecule has 0 atom stereocenters. The first-order chi connectivity index (χ1) is 15.5. The summed E-state index contributed by atoms with van der Waals surface area (Å²) in [7, 11) is 1.69. The van der Waals surface area contributed by atoms with E-state index in [0.29, 0.717) is 37.9 Å². The molecule has 32 heavy (non-hydrogen) atoms. The van der Waals surface area contributed by atoms with Crippen LogP contribution in [0.4, 0.5) is 0 Å². The van der Waals surface area contributed by atoms with Gasteiger partial charge in [-0.2, -0.15) is 0 Å². The van der Waals surface area contributed by atoms with Gasteiger partial charge in [0, 0.05) is 38.1 Å². The van der Waals surface area contributed by atoms with Crippen molar-refractivity contribution in [3.05, 3.63) is 89.7 Å². The standard InChI is InChI=1S/C27H29N3O2/c1-20-4-3-5-24(18-20)22-8-6-21(7-9-22)19-27(26(32)28-2)12-16-30(17-13-27)25(31)23-10-14-29-15-11-23/h3-11,14-15,18H,12-13,16-17,19H2,1-2H3,(H,28,32). The number of hydrogen-bond donors (Lipinski definition) is 1. The second kappa shape index (κ2) is 9.35. The van der Waals surface area contributed by atoms with Crippen LogP contribution in [-0.4, -0.2) is 41.8 Å². The van der Waals surface area contributed by atoms with Gasteiger partial charge in [-0.3, -0.25) is 14.6 Å². The van der Waals surface area contributed by atoms with Crippen LogP contribution in [-0.2, 0) is 11.2 Å². The fraction of sp³-hybridized carbons (Fsp3) is 0.296. The van der Waals surface area contributed by atoms with E-state index in [-0.39, 0.29) is 11.8 Å². The van der Waals surface area contributed by atoms with Crippen LogP contribution in [0.5, 0.6) is 0 Å². The molecule has 1 aromatic heterocycles. The van der Waals surface area contributed by atoms with Crippen molar-refractivity contribution in [1.82, 2.24) is 15.2 Å². The fourth-order valence-electron chi connectivity index (χ4n) is 4.59. The number of likely N-dealkylation sites (tertiary alicyclic amines) is 1. The van der Waals surface area contributed by atoms with Gasteiger partial charge in [0.25, 0.3) is 5.91 Å². The smallest absolute Gasteiger partial charge is 0.253 e. The van der Waals surface area contributed by atoms with Gasteiger partial charge in [0.15, 0.2) is 0 Å². The lowest BCUT2D eigenvalue weighted by Gasteiger charge is -2.40. The SMILES string of the molecule is CNC(=O)C1(Cc2ccc(-c3cccc(C)c3)cc2)CCN(C(=O)c2ccncc2)CC1. The quantitative estimate of drug-likeness (QED) is 0.662. The van der Waals surface area contributed by atoms with Crippen molar-refractivity contribution >= 4 is 11.8 Å². The Hall–Kier alpha value is -3.47. The third kappa shape index (κ3) is 4.57. The van der Waals surface area contributed by atoms with Crippen LogP contribution in [0.3, 0.4) is 0 Å². The summed E-state index contributed by atoms with van der Waals surface area (Å²) in [5.74, 6) is 0.0525. The van der Waals surface area contributed by atoms with E-state index < -0.39 is 5.41 Å². The van der Waals surface area contributed by atoms with Crippen LogP contribution in [0.15, 0.2) is 73.1 Å².